The van der Waals surface area contributed by atoms with E-state index in [1.165, 1.54) is 10.5 Å². The van der Waals surface area contributed by atoms with Crippen LogP contribution in [0.3, 0.4) is 0 Å². The summed E-state index contributed by atoms with van der Waals surface area (Å²) in [5.74, 6) is 0. The van der Waals surface area contributed by atoms with Crippen molar-refractivity contribution in [2.24, 2.45) is 0 Å². The minimum atomic E-state index is -0.637. The summed E-state index contributed by atoms with van der Waals surface area (Å²) >= 11 is 1.88. The van der Waals surface area contributed by atoms with Crippen LogP contribution >= 0.6 is 11.8 Å². The van der Waals surface area contributed by atoms with E-state index in [0.29, 0.717) is 11.8 Å². The third kappa shape index (κ3) is 6.43. The number of likely N-dealkylation sites (N-methyl/N-ethyl adjacent to an activating group) is 1. The molecule has 1 aromatic rings. The van der Waals surface area contributed by atoms with Gasteiger partial charge in [0.1, 0.15) is 0 Å². The average Bonchev–Trinajstić information content (AvgIpc) is 2.17. The van der Waals surface area contributed by atoms with Crippen LogP contribution in [0, 0.1) is 0 Å². The smallest absolute Gasteiger partial charge is 0.0718 e. The number of thioether (sulfide) groups is 1. The van der Waals surface area contributed by atoms with E-state index in [1.54, 1.807) is 0 Å². The van der Waals surface area contributed by atoms with Gasteiger partial charge in [0.15, 0.2) is 0 Å². The van der Waals surface area contributed by atoms with Gasteiger partial charge in [0, 0.05) is 23.2 Å². The molecule has 0 saturated carbocycles. The Morgan fingerprint density at radius 2 is 1.78 bits per heavy atom. The molecule has 1 rings (SSSR count). The van der Waals surface area contributed by atoms with Crippen molar-refractivity contribution in [1.29, 1.82) is 0 Å². The van der Waals surface area contributed by atoms with Crippen LogP contribution in [0.2, 0.25) is 0 Å². The number of rotatable bonds is 6. The summed E-state index contributed by atoms with van der Waals surface area (Å²) in [4.78, 5) is 3.46. The maximum atomic E-state index is 9.76. The first-order chi connectivity index (χ1) is 8.26. The highest BCUT2D eigenvalue weighted by Gasteiger charge is 2.15. The number of nitrogens with zero attached hydrogens (tertiary/aromatic N) is 1. The van der Waals surface area contributed by atoms with Crippen molar-refractivity contribution in [3.8, 4) is 0 Å². The molecule has 0 aliphatic carbocycles. The van der Waals surface area contributed by atoms with E-state index in [-0.39, 0.29) is 0 Å². The Hall–Kier alpha value is -0.510. The van der Waals surface area contributed by atoms with Crippen LogP contribution in [0.1, 0.15) is 33.3 Å². The predicted molar refractivity (Wildman–Crippen MR) is 80.1 cm³/mol. The number of aliphatic hydroxyl groups is 1. The topological polar surface area (TPSA) is 23.5 Å². The van der Waals surface area contributed by atoms with Crippen molar-refractivity contribution >= 4 is 11.8 Å². The Labute approximate surface area is 115 Å². The Morgan fingerprint density at radius 1 is 1.22 bits per heavy atom. The molecule has 0 aromatic heterocycles. The molecule has 3 heteroatoms. The fourth-order valence-electron chi connectivity index (χ4n) is 1.97. The van der Waals surface area contributed by atoms with Gasteiger partial charge >= 0.3 is 0 Å². The molecule has 0 heterocycles. The lowest BCUT2D eigenvalue weighted by Crippen LogP contribution is -2.35. The summed E-state index contributed by atoms with van der Waals surface area (Å²) in [6.07, 6.45) is 0. The summed E-state index contributed by atoms with van der Waals surface area (Å²) < 4.78 is 0. The van der Waals surface area contributed by atoms with Crippen molar-refractivity contribution in [3.63, 3.8) is 0 Å². The Kier molecular flexibility index (Phi) is 5.70. The van der Waals surface area contributed by atoms with E-state index in [1.807, 2.05) is 32.7 Å². The van der Waals surface area contributed by atoms with Crippen LogP contribution in [0.15, 0.2) is 29.2 Å². The monoisotopic (exact) mass is 267 g/mol. The number of hydrogen-bond acceptors (Lipinski definition) is 3. The summed E-state index contributed by atoms with van der Waals surface area (Å²) in [6.45, 7) is 9.63. The first-order valence-electron chi connectivity index (χ1n) is 6.43. The molecule has 1 aromatic carbocycles. The van der Waals surface area contributed by atoms with E-state index in [2.05, 4.69) is 43.0 Å². The van der Waals surface area contributed by atoms with Crippen LogP contribution in [0.25, 0.3) is 0 Å². The van der Waals surface area contributed by atoms with Gasteiger partial charge in [0.2, 0.25) is 0 Å². The molecule has 0 aliphatic rings. The average molecular weight is 267 g/mol. The third-order valence-corrected chi connectivity index (χ3v) is 3.42. The summed E-state index contributed by atoms with van der Waals surface area (Å²) in [6, 6.07) is 8.70. The van der Waals surface area contributed by atoms with E-state index in [4.69, 9.17) is 0 Å². The van der Waals surface area contributed by atoms with Crippen LogP contribution in [0.5, 0.6) is 0 Å². The second kappa shape index (κ2) is 6.60. The van der Waals surface area contributed by atoms with Gasteiger partial charge in [-0.05, 0) is 38.6 Å². The van der Waals surface area contributed by atoms with Crippen LogP contribution < -0.4 is 0 Å². The van der Waals surface area contributed by atoms with Gasteiger partial charge in [-0.1, -0.05) is 26.0 Å². The molecule has 0 radical (unpaired) electrons. The standard InChI is InChI=1S/C15H25NOS/c1-12(2)18-14-8-6-13(7-9-14)10-16(5)11-15(3,4)17/h6-9,12,17H,10-11H2,1-5H3. The van der Waals surface area contributed by atoms with Crippen LogP contribution in [-0.4, -0.2) is 34.4 Å². The lowest BCUT2D eigenvalue weighted by Gasteiger charge is -2.25. The first-order valence-corrected chi connectivity index (χ1v) is 7.31. The zero-order valence-electron chi connectivity index (χ0n) is 12.1. The van der Waals surface area contributed by atoms with E-state index in [0.717, 1.165) is 6.54 Å². The maximum Gasteiger partial charge on any atom is 0.0718 e. The second-order valence-corrected chi connectivity index (χ2v) is 7.45. The van der Waals surface area contributed by atoms with E-state index >= 15 is 0 Å². The molecule has 102 valence electrons. The highest BCUT2D eigenvalue weighted by molar-refractivity contribution is 7.99. The Balaban J connectivity index is 2.53. The second-order valence-electron chi connectivity index (χ2n) is 5.80. The largest absolute Gasteiger partial charge is 0.389 e. The normalized spacial score (nSPS) is 12.4. The van der Waals surface area contributed by atoms with E-state index < -0.39 is 5.60 Å². The van der Waals surface area contributed by atoms with Gasteiger partial charge in [0.25, 0.3) is 0 Å². The summed E-state index contributed by atoms with van der Waals surface area (Å²) in [5.41, 5.74) is 0.650. The molecule has 0 bridgehead atoms. The molecule has 0 atom stereocenters. The van der Waals surface area contributed by atoms with Crippen molar-refractivity contribution in [1.82, 2.24) is 4.90 Å². The third-order valence-electron chi connectivity index (χ3n) is 2.40. The fourth-order valence-corrected chi connectivity index (χ4v) is 2.81. The minimum absolute atomic E-state index is 0.619. The lowest BCUT2D eigenvalue weighted by molar-refractivity contribution is 0.0425. The molecule has 0 fully saturated rings. The highest BCUT2D eigenvalue weighted by atomic mass is 32.2. The Bertz CT molecular complexity index is 354. The molecular formula is C15H25NOS. The molecule has 0 saturated heterocycles. The van der Waals surface area contributed by atoms with Gasteiger partial charge in [-0.2, -0.15) is 0 Å². The minimum Gasteiger partial charge on any atom is -0.389 e. The molecule has 0 spiro atoms. The zero-order valence-corrected chi connectivity index (χ0v) is 12.9. The summed E-state index contributed by atoms with van der Waals surface area (Å²) in [7, 11) is 2.04. The van der Waals surface area contributed by atoms with Crippen molar-refractivity contribution < 1.29 is 5.11 Å². The van der Waals surface area contributed by atoms with Crippen LogP contribution in [-0.2, 0) is 6.54 Å². The molecule has 1 N–H and O–H groups in total. The van der Waals surface area contributed by atoms with Gasteiger partial charge in [-0.3, -0.25) is 4.90 Å². The van der Waals surface area contributed by atoms with Crippen molar-refractivity contribution in [3.05, 3.63) is 29.8 Å². The van der Waals surface area contributed by atoms with Crippen molar-refractivity contribution in [2.75, 3.05) is 13.6 Å². The fraction of sp³-hybridized carbons (Fsp3) is 0.600. The quantitative estimate of drug-likeness (QED) is 0.799. The van der Waals surface area contributed by atoms with Crippen LogP contribution in [0.4, 0.5) is 0 Å². The molecule has 18 heavy (non-hydrogen) atoms. The lowest BCUT2D eigenvalue weighted by atomic mass is 10.1. The number of hydrogen-bond donors (Lipinski definition) is 1. The van der Waals surface area contributed by atoms with Gasteiger partial charge < -0.3 is 5.11 Å². The van der Waals surface area contributed by atoms with Crippen molar-refractivity contribution in [2.45, 2.75) is 50.0 Å². The van der Waals surface area contributed by atoms with E-state index in [9.17, 15) is 5.11 Å². The molecule has 0 unspecified atom stereocenters. The first kappa shape index (κ1) is 15.5. The zero-order chi connectivity index (χ0) is 13.8. The van der Waals surface area contributed by atoms with Gasteiger partial charge in [-0.15, -0.1) is 11.8 Å². The summed E-state index contributed by atoms with van der Waals surface area (Å²) in [5, 5.41) is 10.4. The predicted octanol–water partition coefficient (Wildman–Crippen LogP) is 3.39. The highest BCUT2D eigenvalue weighted by Crippen LogP contribution is 2.23. The van der Waals surface area contributed by atoms with Gasteiger partial charge in [0.05, 0.1) is 5.60 Å². The molecule has 0 aliphatic heterocycles. The molecular weight excluding hydrogens is 242 g/mol. The number of benzene rings is 1. The molecule has 0 amide bonds. The molecule has 2 nitrogen and oxygen atoms in total. The SMILES string of the molecule is CC(C)Sc1ccc(CN(C)CC(C)(C)O)cc1. The van der Waals surface area contributed by atoms with Gasteiger partial charge in [-0.25, -0.2) is 0 Å². The maximum absolute atomic E-state index is 9.76. The Morgan fingerprint density at radius 3 is 2.22 bits per heavy atom.